The Morgan fingerprint density at radius 3 is 2.00 bits per heavy atom. The Morgan fingerprint density at radius 2 is 1.41 bits per heavy atom. The maximum absolute atomic E-state index is 12.4. The van der Waals surface area contributed by atoms with Crippen LogP contribution in [0.15, 0.2) is 89.8 Å². The zero-order valence-corrected chi connectivity index (χ0v) is 17.0. The van der Waals surface area contributed by atoms with Gasteiger partial charge in [-0.15, -0.1) is 11.8 Å². The molecule has 0 unspecified atom stereocenters. The van der Waals surface area contributed by atoms with E-state index < -0.39 is 5.97 Å². The molecule has 1 N–H and O–H groups in total. The molecule has 0 bridgehead atoms. The Labute approximate surface area is 175 Å². The van der Waals surface area contributed by atoms with Gasteiger partial charge in [0.2, 0.25) is 0 Å². The van der Waals surface area contributed by atoms with Crippen molar-refractivity contribution >= 4 is 23.6 Å². The van der Waals surface area contributed by atoms with Crippen LogP contribution >= 0.6 is 11.8 Å². The van der Waals surface area contributed by atoms with Crippen LogP contribution in [-0.2, 0) is 14.3 Å². The van der Waals surface area contributed by atoms with Crippen molar-refractivity contribution in [2.75, 3.05) is 12.4 Å². The van der Waals surface area contributed by atoms with Crippen molar-refractivity contribution in [2.45, 2.75) is 17.9 Å². The third kappa shape index (κ3) is 6.22. The number of carbonyl (C=O) groups is 2. The van der Waals surface area contributed by atoms with E-state index in [2.05, 4.69) is 5.32 Å². The molecule has 0 radical (unpaired) electrons. The van der Waals surface area contributed by atoms with E-state index in [0.717, 1.165) is 21.6 Å². The second-order valence-electron chi connectivity index (χ2n) is 6.54. The molecular weight excluding hydrogens is 382 g/mol. The summed E-state index contributed by atoms with van der Waals surface area (Å²) in [6.07, 6.45) is 0. The van der Waals surface area contributed by atoms with Crippen molar-refractivity contribution in [3.8, 4) is 0 Å². The van der Waals surface area contributed by atoms with Crippen LogP contribution in [0.2, 0.25) is 0 Å². The molecule has 0 atom stereocenters. The molecule has 0 saturated heterocycles. The van der Waals surface area contributed by atoms with E-state index in [-0.39, 0.29) is 24.3 Å². The van der Waals surface area contributed by atoms with Crippen LogP contribution in [0.4, 0.5) is 0 Å². The fourth-order valence-electron chi connectivity index (χ4n) is 2.90. The molecule has 0 spiro atoms. The lowest BCUT2D eigenvalue weighted by Gasteiger charge is -2.20. The van der Waals surface area contributed by atoms with Gasteiger partial charge >= 0.3 is 5.97 Å². The SMILES string of the molecule is Cc1ccccc1SCC(=O)OCC(=O)NC(c1ccccc1)c1ccccc1. The largest absolute Gasteiger partial charge is 0.455 e. The molecule has 5 heteroatoms. The van der Waals surface area contributed by atoms with Gasteiger partial charge < -0.3 is 10.1 Å². The second kappa shape index (κ2) is 10.5. The van der Waals surface area contributed by atoms with Crippen LogP contribution in [0.25, 0.3) is 0 Å². The van der Waals surface area contributed by atoms with Gasteiger partial charge in [-0.05, 0) is 29.7 Å². The maximum atomic E-state index is 12.4. The maximum Gasteiger partial charge on any atom is 0.316 e. The van der Waals surface area contributed by atoms with Crippen LogP contribution < -0.4 is 5.32 Å². The molecule has 29 heavy (non-hydrogen) atoms. The van der Waals surface area contributed by atoms with Crippen molar-refractivity contribution < 1.29 is 14.3 Å². The first-order chi connectivity index (χ1) is 14.1. The fourth-order valence-corrected chi connectivity index (χ4v) is 3.72. The third-order valence-corrected chi connectivity index (χ3v) is 5.52. The number of esters is 1. The quantitative estimate of drug-likeness (QED) is 0.442. The highest BCUT2D eigenvalue weighted by atomic mass is 32.2. The van der Waals surface area contributed by atoms with Gasteiger partial charge in [0.15, 0.2) is 6.61 Å². The minimum atomic E-state index is -0.413. The van der Waals surface area contributed by atoms with E-state index in [1.807, 2.05) is 91.9 Å². The minimum Gasteiger partial charge on any atom is -0.455 e. The summed E-state index contributed by atoms with van der Waals surface area (Å²) < 4.78 is 5.17. The molecule has 3 aromatic rings. The summed E-state index contributed by atoms with van der Waals surface area (Å²) in [6.45, 7) is 1.69. The van der Waals surface area contributed by atoms with Crippen LogP contribution in [0, 0.1) is 6.92 Å². The molecular formula is C24H23NO3S. The van der Waals surface area contributed by atoms with E-state index in [4.69, 9.17) is 4.74 Å². The Balaban J connectivity index is 1.55. The average Bonchev–Trinajstić information content (AvgIpc) is 2.76. The first kappa shape index (κ1) is 20.7. The van der Waals surface area contributed by atoms with Gasteiger partial charge in [-0.1, -0.05) is 78.9 Å². The zero-order chi connectivity index (χ0) is 20.5. The van der Waals surface area contributed by atoms with Crippen LogP contribution in [0.3, 0.4) is 0 Å². The Kier molecular flexibility index (Phi) is 7.47. The highest BCUT2D eigenvalue weighted by Gasteiger charge is 2.17. The number of amides is 1. The molecule has 0 heterocycles. The van der Waals surface area contributed by atoms with E-state index in [0.29, 0.717) is 0 Å². The lowest BCUT2D eigenvalue weighted by Crippen LogP contribution is -2.33. The lowest BCUT2D eigenvalue weighted by atomic mass is 9.99. The summed E-state index contributed by atoms with van der Waals surface area (Å²) in [6, 6.07) is 27.0. The molecule has 3 aromatic carbocycles. The van der Waals surface area contributed by atoms with E-state index in [1.54, 1.807) is 0 Å². The normalized spacial score (nSPS) is 10.6. The summed E-state index contributed by atoms with van der Waals surface area (Å²) in [5, 5.41) is 2.96. The highest BCUT2D eigenvalue weighted by molar-refractivity contribution is 8.00. The van der Waals surface area contributed by atoms with E-state index in [1.165, 1.54) is 11.8 Å². The Hall–Kier alpha value is -3.05. The topological polar surface area (TPSA) is 55.4 Å². The number of rotatable bonds is 8. The van der Waals surface area contributed by atoms with Gasteiger partial charge in [-0.3, -0.25) is 9.59 Å². The first-order valence-electron chi connectivity index (χ1n) is 9.37. The molecule has 0 saturated carbocycles. The molecule has 3 rings (SSSR count). The van der Waals surface area contributed by atoms with Gasteiger partial charge in [0, 0.05) is 4.90 Å². The standard InChI is InChI=1S/C24H23NO3S/c1-18-10-8-9-15-21(18)29-17-23(27)28-16-22(26)25-24(19-11-4-2-5-12-19)20-13-6-3-7-14-20/h2-15,24H,16-17H2,1H3,(H,25,26). The Bertz CT molecular complexity index is 905. The number of nitrogens with one attached hydrogen (secondary N) is 1. The van der Waals surface area contributed by atoms with Crippen molar-refractivity contribution in [1.82, 2.24) is 5.32 Å². The monoisotopic (exact) mass is 405 g/mol. The smallest absolute Gasteiger partial charge is 0.316 e. The first-order valence-corrected chi connectivity index (χ1v) is 10.4. The highest BCUT2D eigenvalue weighted by Crippen LogP contribution is 2.22. The molecule has 0 aliphatic rings. The van der Waals surface area contributed by atoms with Crippen LogP contribution in [-0.4, -0.2) is 24.2 Å². The molecule has 4 nitrogen and oxygen atoms in total. The third-order valence-electron chi connectivity index (χ3n) is 4.37. The molecule has 0 aliphatic carbocycles. The van der Waals surface area contributed by atoms with Gasteiger partial charge in [0.05, 0.1) is 11.8 Å². The van der Waals surface area contributed by atoms with Crippen LogP contribution in [0.5, 0.6) is 0 Å². The number of benzene rings is 3. The fraction of sp³-hybridized carbons (Fsp3) is 0.167. The number of hydrogen-bond donors (Lipinski definition) is 1. The lowest BCUT2D eigenvalue weighted by molar-refractivity contribution is -0.146. The number of carbonyl (C=O) groups excluding carboxylic acids is 2. The summed E-state index contributed by atoms with van der Waals surface area (Å²) in [5.74, 6) is -0.583. The van der Waals surface area contributed by atoms with Gasteiger partial charge in [-0.25, -0.2) is 0 Å². The zero-order valence-electron chi connectivity index (χ0n) is 16.2. The summed E-state index contributed by atoms with van der Waals surface area (Å²) in [7, 11) is 0. The van der Waals surface area contributed by atoms with Crippen molar-refractivity contribution in [2.24, 2.45) is 0 Å². The van der Waals surface area contributed by atoms with Gasteiger partial charge in [-0.2, -0.15) is 0 Å². The molecule has 1 amide bonds. The summed E-state index contributed by atoms with van der Waals surface area (Å²) in [5.41, 5.74) is 3.04. The molecule has 148 valence electrons. The van der Waals surface area contributed by atoms with E-state index in [9.17, 15) is 9.59 Å². The average molecular weight is 406 g/mol. The van der Waals surface area contributed by atoms with Crippen molar-refractivity contribution in [1.29, 1.82) is 0 Å². The Morgan fingerprint density at radius 1 is 0.862 bits per heavy atom. The number of ether oxygens (including phenoxy) is 1. The number of aryl methyl sites for hydroxylation is 1. The minimum absolute atomic E-state index is 0.166. The van der Waals surface area contributed by atoms with Crippen molar-refractivity contribution in [3.63, 3.8) is 0 Å². The molecule has 0 aliphatic heterocycles. The predicted octanol–water partition coefficient (Wildman–Crippen LogP) is 4.54. The van der Waals surface area contributed by atoms with Crippen molar-refractivity contribution in [3.05, 3.63) is 102 Å². The summed E-state index contributed by atoms with van der Waals surface area (Å²) in [4.78, 5) is 25.5. The second-order valence-corrected chi connectivity index (χ2v) is 7.55. The van der Waals surface area contributed by atoms with Crippen LogP contribution in [0.1, 0.15) is 22.7 Å². The van der Waals surface area contributed by atoms with Gasteiger partial charge in [0.25, 0.3) is 5.91 Å². The molecule has 0 fully saturated rings. The van der Waals surface area contributed by atoms with Gasteiger partial charge in [0.1, 0.15) is 0 Å². The van der Waals surface area contributed by atoms with E-state index >= 15 is 0 Å². The number of hydrogen-bond acceptors (Lipinski definition) is 4. The summed E-state index contributed by atoms with van der Waals surface area (Å²) >= 11 is 1.41. The molecule has 0 aromatic heterocycles. The number of thioether (sulfide) groups is 1. The predicted molar refractivity (Wildman–Crippen MR) is 116 cm³/mol.